The topological polar surface area (TPSA) is 41.1 Å². The van der Waals surface area contributed by atoms with Crippen LogP contribution in [0, 0.1) is 5.41 Å². The number of carbonyl (C=O) groups excluding carboxylic acids is 1. The zero-order valence-corrected chi connectivity index (χ0v) is 13.1. The van der Waals surface area contributed by atoms with Crippen molar-refractivity contribution in [2.75, 3.05) is 25.9 Å². The summed E-state index contributed by atoms with van der Waals surface area (Å²) >= 11 is 1.88. The van der Waals surface area contributed by atoms with Crippen molar-refractivity contribution < 1.29 is 4.79 Å². The van der Waals surface area contributed by atoms with Gasteiger partial charge >= 0.3 is 0 Å². The van der Waals surface area contributed by atoms with E-state index in [1.165, 1.54) is 0 Å². The minimum absolute atomic E-state index is 0.161. The normalized spacial score (nSPS) is 24.2. The van der Waals surface area contributed by atoms with Gasteiger partial charge in [-0.05, 0) is 38.5 Å². The van der Waals surface area contributed by atoms with Gasteiger partial charge in [0.1, 0.15) is 0 Å². The second kappa shape index (κ2) is 6.80. The lowest BCUT2D eigenvalue weighted by molar-refractivity contribution is -0.130. The van der Waals surface area contributed by atoms with Gasteiger partial charge in [-0.1, -0.05) is 20.8 Å². The second-order valence-corrected chi connectivity index (χ2v) is 6.61. The molecule has 1 aliphatic rings. The predicted molar refractivity (Wildman–Crippen MR) is 80.0 cm³/mol. The minimum atomic E-state index is -0.161. The summed E-state index contributed by atoms with van der Waals surface area (Å²) in [7, 11) is 0. The van der Waals surface area contributed by atoms with Crippen LogP contribution in [0.15, 0.2) is 0 Å². The third-order valence-electron chi connectivity index (χ3n) is 4.69. The van der Waals surface area contributed by atoms with Gasteiger partial charge in [-0.25, -0.2) is 0 Å². The Balaban J connectivity index is 2.59. The lowest BCUT2D eigenvalue weighted by Gasteiger charge is -2.32. The highest BCUT2D eigenvalue weighted by Gasteiger charge is 2.40. The first-order valence-electron chi connectivity index (χ1n) is 7.12. The number of thioether (sulfide) groups is 1. The molecule has 1 heterocycles. The first-order chi connectivity index (χ1) is 8.58. The molecule has 0 bridgehead atoms. The summed E-state index contributed by atoms with van der Waals surface area (Å²) in [5, 5.41) is 6.53. The molecule has 1 atom stereocenters. The van der Waals surface area contributed by atoms with Gasteiger partial charge in [0.25, 0.3) is 0 Å². The maximum Gasteiger partial charge on any atom is 0.227 e. The van der Waals surface area contributed by atoms with E-state index in [0.717, 1.165) is 45.3 Å². The average Bonchev–Trinajstić information content (AvgIpc) is 2.91. The molecule has 0 aromatic rings. The summed E-state index contributed by atoms with van der Waals surface area (Å²) in [6.07, 6.45) is 6.24. The van der Waals surface area contributed by atoms with Gasteiger partial charge in [-0.3, -0.25) is 4.79 Å². The maximum atomic E-state index is 12.4. The van der Waals surface area contributed by atoms with Crippen molar-refractivity contribution >= 4 is 17.7 Å². The number of hydrogen-bond donors (Lipinski definition) is 2. The molecule has 0 aromatic carbocycles. The van der Waals surface area contributed by atoms with Crippen molar-refractivity contribution in [2.45, 2.75) is 51.2 Å². The van der Waals surface area contributed by atoms with Crippen LogP contribution in [0.5, 0.6) is 0 Å². The van der Waals surface area contributed by atoms with E-state index in [1.807, 2.05) is 11.8 Å². The summed E-state index contributed by atoms with van der Waals surface area (Å²) < 4.78 is 0.205. The van der Waals surface area contributed by atoms with E-state index >= 15 is 0 Å². The quantitative estimate of drug-likeness (QED) is 0.748. The molecule has 1 rings (SSSR count). The Labute approximate surface area is 116 Å². The Morgan fingerprint density at radius 3 is 2.44 bits per heavy atom. The molecule has 1 saturated heterocycles. The molecule has 1 aliphatic heterocycles. The fourth-order valence-electron chi connectivity index (χ4n) is 2.69. The second-order valence-electron chi connectivity index (χ2n) is 5.34. The van der Waals surface area contributed by atoms with Crippen molar-refractivity contribution in [3.63, 3.8) is 0 Å². The molecule has 0 aromatic heterocycles. The van der Waals surface area contributed by atoms with Crippen LogP contribution in [0.4, 0.5) is 0 Å². The fraction of sp³-hybridized carbons (Fsp3) is 0.929. The molecular weight excluding hydrogens is 244 g/mol. The number of rotatable bonds is 7. The van der Waals surface area contributed by atoms with Crippen molar-refractivity contribution in [1.82, 2.24) is 10.6 Å². The number of amides is 1. The molecule has 1 amide bonds. The summed E-state index contributed by atoms with van der Waals surface area (Å²) in [6.45, 7) is 9.13. The average molecular weight is 272 g/mol. The van der Waals surface area contributed by atoms with E-state index in [-0.39, 0.29) is 16.1 Å². The van der Waals surface area contributed by atoms with Crippen LogP contribution in [0.1, 0.15) is 46.5 Å². The highest BCUT2D eigenvalue weighted by atomic mass is 32.2. The molecule has 1 fully saturated rings. The highest BCUT2D eigenvalue weighted by Crippen LogP contribution is 2.32. The van der Waals surface area contributed by atoms with E-state index in [9.17, 15) is 4.79 Å². The van der Waals surface area contributed by atoms with Crippen LogP contribution in [0.25, 0.3) is 0 Å². The van der Waals surface area contributed by atoms with Crippen LogP contribution in [0.2, 0.25) is 0 Å². The fourth-order valence-corrected chi connectivity index (χ4v) is 3.48. The summed E-state index contributed by atoms with van der Waals surface area (Å²) in [4.78, 5) is 12.4. The molecule has 18 heavy (non-hydrogen) atoms. The first kappa shape index (κ1) is 15.8. The molecule has 0 radical (unpaired) electrons. The molecular formula is C14H28N2OS. The van der Waals surface area contributed by atoms with Crippen molar-refractivity contribution in [3.05, 3.63) is 0 Å². The summed E-state index contributed by atoms with van der Waals surface area (Å²) in [6, 6.07) is 0. The number of nitrogens with one attached hydrogen (secondary N) is 2. The van der Waals surface area contributed by atoms with Crippen molar-refractivity contribution in [2.24, 2.45) is 5.41 Å². The third kappa shape index (κ3) is 3.21. The number of hydrogen-bond acceptors (Lipinski definition) is 3. The smallest absolute Gasteiger partial charge is 0.227 e. The third-order valence-corrected chi connectivity index (χ3v) is 6.28. The SMILES string of the molecule is CCC(CC)(CNC(=O)C1(CC)CCNC1)SC. The summed E-state index contributed by atoms with van der Waals surface area (Å²) in [5.74, 6) is 0.246. The van der Waals surface area contributed by atoms with Crippen LogP contribution in [-0.4, -0.2) is 36.5 Å². The van der Waals surface area contributed by atoms with Gasteiger partial charge < -0.3 is 10.6 Å². The Kier molecular flexibility index (Phi) is 5.99. The Hall–Kier alpha value is -0.220. The van der Waals surface area contributed by atoms with Crippen LogP contribution in [-0.2, 0) is 4.79 Å². The standard InChI is InChI=1S/C14H28N2OS/c1-5-13(8-9-15-10-13)12(17)16-11-14(6-2,7-3)18-4/h15H,5-11H2,1-4H3,(H,16,17). The summed E-state index contributed by atoms with van der Waals surface area (Å²) in [5.41, 5.74) is -0.161. The predicted octanol–water partition coefficient (Wildman–Crippen LogP) is 2.41. The van der Waals surface area contributed by atoms with Gasteiger partial charge in [0.05, 0.1) is 5.41 Å². The molecule has 4 heteroatoms. The largest absolute Gasteiger partial charge is 0.354 e. The zero-order chi connectivity index (χ0) is 13.6. The molecule has 0 saturated carbocycles. The van der Waals surface area contributed by atoms with Crippen LogP contribution < -0.4 is 10.6 Å². The highest BCUT2D eigenvalue weighted by molar-refractivity contribution is 8.00. The Morgan fingerprint density at radius 1 is 1.39 bits per heavy atom. The molecule has 0 spiro atoms. The molecule has 0 aliphatic carbocycles. The van der Waals surface area contributed by atoms with Crippen LogP contribution in [0.3, 0.4) is 0 Å². The van der Waals surface area contributed by atoms with Gasteiger partial charge in [-0.2, -0.15) is 11.8 Å². The van der Waals surface area contributed by atoms with E-state index in [4.69, 9.17) is 0 Å². The van der Waals surface area contributed by atoms with Gasteiger partial charge in [0.2, 0.25) is 5.91 Å². The van der Waals surface area contributed by atoms with E-state index < -0.39 is 0 Å². The van der Waals surface area contributed by atoms with Crippen molar-refractivity contribution in [1.29, 1.82) is 0 Å². The molecule has 2 N–H and O–H groups in total. The minimum Gasteiger partial charge on any atom is -0.354 e. The number of carbonyl (C=O) groups is 1. The lowest BCUT2D eigenvalue weighted by atomic mass is 9.83. The van der Waals surface area contributed by atoms with E-state index in [1.54, 1.807) is 0 Å². The monoisotopic (exact) mass is 272 g/mol. The van der Waals surface area contributed by atoms with Gasteiger partial charge in [0.15, 0.2) is 0 Å². The van der Waals surface area contributed by atoms with E-state index in [0.29, 0.717) is 0 Å². The van der Waals surface area contributed by atoms with Gasteiger partial charge in [-0.15, -0.1) is 0 Å². The van der Waals surface area contributed by atoms with Crippen LogP contribution >= 0.6 is 11.8 Å². The molecule has 3 nitrogen and oxygen atoms in total. The van der Waals surface area contributed by atoms with E-state index in [2.05, 4.69) is 37.7 Å². The zero-order valence-electron chi connectivity index (χ0n) is 12.3. The maximum absolute atomic E-state index is 12.4. The molecule has 1 unspecified atom stereocenters. The Morgan fingerprint density at radius 2 is 2.06 bits per heavy atom. The van der Waals surface area contributed by atoms with Gasteiger partial charge in [0, 0.05) is 17.8 Å². The van der Waals surface area contributed by atoms with Crippen molar-refractivity contribution in [3.8, 4) is 0 Å². The molecule has 106 valence electrons. The lowest BCUT2D eigenvalue weighted by Crippen LogP contribution is -2.47. The first-order valence-corrected chi connectivity index (χ1v) is 8.34. The Bertz CT molecular complexity index is 263.